The maximum atomic E-state index is 12.4. The number of rotatable bonds is 5. The third-order valence-electron chi connectivity index (χ3n) is 3.02. The Kier molecular flexibility index (Phi) is 5.29. The first-order chi connectivity index (χ1) is 10.0. The van der Waals surface area contributed by atoms with Crippen molar-refractivity contribution in [3.05, 3.63) is 24.3 Å². The number of carbonyl (C=O) groups excluding carboxylic acids is 1. The normalized spacial score (nSPS) is 16.6. The molecule has 0 saturated carbocycles. The zero-order valence-electron chi connectivity index (χ0n) is 11.7. The lowest BCUT2D eigenvalue weighted by atomic mass is 10.3. The van der Waals surface area contributed by atoms with Gasteiger partial charge in [0.15, 0.2) is 0 Å². The van der Waals surface area contributed by atoms with Crippen molar-refractivity contribution < 1.29 is 22.7 Å². The number of nitrogens with zero attached hydrogens (tertiary/aromatic N) is 1. The number of benzene rings is 1. The molecule has 0 bridgehead atoms. The van der Waals surface area contributed by atoms with Crippen LogP contribution in [0.25, 0.3) is 0 Å². The van der Waals surface area contributed by atoms with Crippen molar-refractivity contribution in [2.75, 3.05) is 45.3 Å². The molecule has 1 heterocycles. The Morgan fingerprint density at radius 3 is 2.48 bits per heavy atom. The molecule has 116 valence electrons. The molecule has 0 radical (unpaired) electrons. The average Bonchev–Trinajstić information content (AvgIpc) is 2.49. The molecule has 0 unspecified atom stereocenters. The standard InChI is InChI=1S/C13H18N2O5S/c1-19-10-13(16)14-11-2-4-12(5-3-11)21(17,18)15-6-8-20-9-7-15/h2-5H,6-10H2,1H3,(H,14,16). The first-order valence-electron chi connectivity index (χ1n) is 6.51. The topological polar surface area (TPSA) is 84.9 Å². The maximum Gasteiger partial charge on any atom is 0.250 e. The van der Waals surface area contributed by atoms with Gasteiger partial charge >= 0.3 is 0 Å². The fourth-order valence-electron chi connectivity index (χ4n) is 1.97. The van der Waals surface area contributed by atoms with Crippen molar-refractivity contribution in [1.29, 1.82) is 0 Å². The molecule has 1 aromatic carbocycles. The molecular formula is C13H18N2O5S. The molecular weight excluding hydrogens is 296 g/mol. The molecule has 1 saturated heterocycles. The molecule has 21 heavy (non-hydrogen) atoms. The number of methoxy groups -OCH3 is 1. The third kappa shape index (κ3) is 4.01. The van der Waals surface area contributed by atoms with Crippen LogP contribution in [0.5, 0.6) is 0 Å². The highest BCUT2D eigenvalue weighted by molar-refractivity contribution is 7.89. The van der Waals surface area contributed by atoms with E-state index < -0.39 is 10.0 Å². The first kappa shape index (κ1) is 15.9. The number of hydrogen-bond acceptors (Lipinski definition) is 5. The van der Waals surface area contributed by atoms with E-state index in [0.717, 1.165) is 0 Å². The van der Waals surface area contributed by atoms with Crippen LogP contribution >= 0.6 is 0 Å². The van der Waals surface area contributed by atoms with E-state index in [1.165, 1.54) is 23.5 Å². The first-order valence-corrected chi connectivity index (χ1v) is 7.95. The lowest BCUT2D eigenvalue weighted by Gasteiger charge is -2.26. The van der Waals surface area contributed by atoms with Gasteiger partial charge in [0.1, 0.15) is 6.61 Å². The Balaban J connectivity index is 2.09. The van der Waals surface area contributed by atoms with E-state index in [4.69, 9.17) is 9.47 Å². The Hall–Kier alpha value is -1.48. The van der Waals surface area contributed by atoms with Crippen LogP contribution in [0, 0.1) is 0 Å². The van der Waals surface area contributed by atoms with Gasteiger partial charge in [-0.3, -0.25) is 4.79 Å². The van der Waals surface area contributed by atoms with Gasteiger partial charge in [0.05, 0.1) is 18.1 Å². The van der Waals surface area contributed by atoms with Gasteiger partial charge in [-0.05, 0) is 24.3 Å². The minimum atomic E-state index is -3.50. The predicted octanol–water partition coefficient (Wildman–Crippen LogP) is 0.292. The second-order valence-electron chi connectivity index (χ2n) is 4.52. The molecule has 0 atom stereocenters. The summed E-state index contributed by atoms with van der Waals surface area (Å²) in [6.45, 7) is 1.48. The average molecular weight is 314 g/mol. The molecule has 2 rings (SSSR count). The van der Waals surface area contributed by atoms with Crippen LogP contribution in [0.4, 0.5) is 5.69 Å². The van der Waals surface area contributed by atoms with Crippen molar-refractivity contribution >= 4 is 21.6 Å². The third-order valence-corrected chi connectivity index (χ3v) is 4.93. The van der Waals surface area contributed by atoms with Crippen LogP contribution in [-0.4, -0.2) is 58.7 Å². The predicted molar refractivity (Wildman–Crippen MR) is 76.5 cm³/mol. The van der Waals surface area contributed by atoms with E-state index in [-0.39, 0.29) is 17.4 Å². The maximum absolute atomic E-state index is 12.4. The minimum absolute atomic E-state index is 0.0478. The smallest absolute Gasteiger partial charge is 0.250 e. The van der Waals surface area contributed by atoms with E-state index in [0.29, 0.717) is 32.0 Å². The molecule has 0 aliphatic carbocycles. The fourth-order valence-corrected chi connectivity index (χ4v) is 3.38. The van der Waals surface area contributed by atoms with Crippen LogP contribution in [0.15, 0.2) is 29.2 Å². The zero-order chi connectivity index (χ0) is 15.3. The number of nitrogens with one attached hydrogen (secondary N) is 1. The monoisotopic (exact) mass is 314 g/mol. The summed E-state index contributed by atoms with van der Waals surface area (Å²) in [5, 5.41) is 2.61. The van der Waals surface area contributed by atoms with Crippen LogP contribution in [0.3, 0.4) is 0 Å². The summed E-state index contributed by atoms with van der Waals surface area (Å²) in [6.07, 6.45) is 0. The number of anilines is 1. The van der Waals surface area contributed by atoms with Gasteiger partial charge in [-0.1, -0.05) is 0 Å². The second kappa shape index (κ2) is 6.99. The van der Waals surface area contributed by atoms with Gasteiger partial charge in [0, 0.05) is 25.9 Å². The SMILES string of the molecule is COCC(=O)Nc1ccc(S(=O)(=O)N2CCOCC2)cc1. The van der Waals surface area contributed by atoms with Crippen LogP contribution in [0.2, 0.25) is 0 Å². The molecule has 0 spiro atoms. The number of amides is 1. The molecule has 1 amide bonds. The fraction of sp³-hybridized carbons (Fsp3) is 0.462. The lowest BCUT2D eigenvalue weighted by Crippen LogP contribution is -2.40. The molecule has 1 N–H and O–H groups in total. The summed E-state index contributed by atoms with van der Waals surface area (Å²) in [4.78, 5) is 11.6. The van der Waals surface area contributed by atoms with Crippen molar-refractivity contribution in [1.82, 2.24) is 4.31 Å². The Morgan fingerprint density at radius 2 is 1.90 bits per heavy atom. The van der Waals surface area contributed by atoms with Crippen LogP contribution in [-0.2, 0) is 24.3 Å². The Labute approximate surface area is 123 Å². The summed E-state index contributed by atoms with van der Waals surface area (Å²) in [5.74, 6) is -0.290. The van der Waals surface area contributed by atoms with Gasteiger partial charge in [-0.15, -0.1) is 0 Å². The number of carbonyl (C=O) groups is 1. The summed E-state index contributed by atoms with van der Waals surface area (Å²) in [7, 11) is -2.07. The Morgan fingerprint density at radius 1 is 1.29 bits per heavy atom. The zero-order valence-corrected chi connectivity index (χ0v) is 12.6. The lowest BCUT2D eigenvalue weighted by molar-refractivity contribution is -0.119. The van der Waals surface area contributed by atoms with Crippen LogP contribution < -0.4 is 5.32 Å². The number of sulfonamides is 1. The van der Waals surface area contributed by atoms with Crippen molar-refractivity contribution in [2.45, 2.75) is 4.90 Å². The van der Waals surface area contributed by atoms with Crippen LogP contribution in [0.1, 0.15) is 0 Å². The van der Waals surface area contributed by atoms with Gasteiger partial charge in [0.25, 0.3) is 0 Å². The number of morpholine rings is 1. The molecule has 8 heteroatoms. The van der Waals surface area contributed by atoms with Gasteiger partial charge in [-0.2, -0.15) is 4.31 Å². The van der Waals surface area contributed by atoms with Gasteiger partial charge in [-0.25, -0.2) is 8.42 Å². The highest BCUT2D eigenvalue weighted by atomic mass is 32.2. The van der Waals surface area contributed by atoms with E-state index in [2.05, 4.69) is 5.32 Å². The van der Waals surface area contributed by atoms with E-state index in [9.17, 15) is 13.2 Å². The van der Waals surface area contributed by atoms with Crippen molar-refractivity contribution in [3.8, 4) is 0 Å². The van der Waals surface area contributed by atoms with E-state index in [1.807, 2.05) is 0 Å². The summed E-state index contributed by atoms with van der Waals surface area (Å²) < 4.78 is 36.0. The van der Waals surface area contributed by atoms with E-state index >= 15 is 0 Å². The summed E-state index contributed by atoms with van der Waals surface area (Å²) >= 11 is 0. The molecule has 1 aliphatic heterocycles. The largest absolute Gasteiger partial charge is 0.379 e. The summed E-state index contributed by atoms with van der Waals surface area (Å²) in [5.41, 5.74) is 0.526. The highest BCUT2D eigenvalue weighted by Gasteiger charge is 2.26. The number of hydrogen-bond donors (Lipinski definition) is 1. The highest BCUT2D eigenvalue weighted by Crippen LogP contribution is 2.19. The molecule has 1 aliphatic rings. The molecule has 1 aromatic rings. The minimum Gasteiger partial charge on any atom is -0.379 e. The Bertz CT molecular complexity index is 579. The van der Waals surface area contributed by atoms with Gasteiger partial charge in [0.2, 0.25) is 15.9 Å². The molecule has 1 fully saturated rings. The van der Waals surface area contributed by atoms with Gasteiger partial charge < -0.3 is 14.8 Å². The van der Waals surface area contributed by atoms with Crippen molar-refractivity contribution in [3.63, 3.8) is 0 Å². The summed E-state index contributed by atoms with van der Waals surface area (Å²) in [6, 6.07) is 6.07. The second-order valence-corrected chi connectivity index (χ2v) is 6.46. The molecule has 0 aromatic heterocycles. The van der Waals surface area contributed by atoms with E-state index in [1.54, 1.807) is 12.1 Å². The quantitative estimate of drug-likeness (QED) is 0.844. The van der Waals surface area contributed by atoms with Crippen molar-refractivity contribution in [2.24, 2.45) is 0 Å². The number of ether oxygens (including phenoxy) is 2. The molecule has 7 nitrogen and oxygen atoms in total.